The van der Waals surface area contributed by atoms with E-state index in [-0.39, 0.29) is 29.4 Å². The number of sulfonamides is 1. The van der Waals surface area contributed by atoms with E-state index in [1.807, 2.05) is 18.7 Å². The minimum atomic E-state index is -3.67. The maximum absolute atomic E-state index is 13.2. The fraction of sp³-hybridized carbons (Fsp3) is 0.818. The van der Waals surface area contributed by atoms with Gasteiger partial charge in [-0.25, -0.2) is 13.4 Å². The lowest BCUT2D eigenvalue weighted by Crippen LogP contribution is -2.51. The number of amides is 1. The highest BCUT2D eigenvalue weighted by Gasteiger charge is 2.37. The van der Waals surface area contributed by atoms with Crippen LogP contribution in [0.2, 0.25) is 0 Å². The molecule has 1 aromatic rings. The van der Waals surface area contributed by atoms with Gasteiger partial charge in [0.15, 0.2) is 5.03 Å². The van der Waals surface area contributed by atoms with Crippen LogP contribution in [0.3, 0.4) is 0 Å². The molecule has 0 spiro atoms. The SMILES string of the molecule is CC(C)n1cnc(S(=O)(=O)N2CCC[C@H](C(=O)N3CCC(N4CCCCC4)CC3)C2)c1. The zero-order valence-corrected chi connectivity index (χ0v) is 19.8. The van der Waals surface area contributed by atoms with Gasteiger partial charge in [-0.15, -0.1) is 0 Å². The summed E-state index contributed by atoms with van der Waals surface area (Å²) in [5.74, 6) is -0.119. The Morgan fingerprint density at radius 1 is 1.00 bits per heavy atom. The molecule has 3 fully saturated rings. The lowest BCUT2D eigenvalue weighted by molar-refractivity contribution is -0.138. The Morgan fingerprint density at radius 2 is 1.71 bits per heavy atom. The van der Waals surface area contributed by atoms with Crippen molar-refractivity contribution in [2.75, 3.05) is 39.3 Å². The first kappa shape index (κ1) is 22.7. The standard InChI is InChI=1S/C22H37N5O3S/c1-18(2)26-16-21(23-17-26)31(29,30)27-12-6-7-19(15-27)22(28)25-13-8-20(9-14-25)24-10-4-3-5-11-24/h16-20H,3-15H2,1-2H3/t19-/m0/s1. The minimum absolute atomic E-state index is 0.0802. The summed E-state index contributed by atoms with van der Waals surface area (Å²) in [6.07, 6.45) is 10.6. The van der Waals surface area contributed by atoms with Crippen molar-refractivity contribution in [3.05, 3.63) is 12.5 Å². The molecule has 0 bridgehead atoms. The van der Waals surface area contributed by atoms with Crippen LogP contribution in [0.4, 0.5) is 0 Å². The number of nitrogens with zero attached hydrogens (tertiary/aromatic N) is 5. The predicted octanol–water partition coefficient (Wildman–Crippen LogP) is 2.34. The van der Waals surface area contributed by atoms with Crippen molar-refractivity contribution < 1.29 is 13.2 Å². The summed E-state index contributed by atoms with van der Waals surface area (Å²) in [5, 5.41) is 0.0802. The highest BCUT2D eigenvalue weighted by atomic mass is 32.2. The van der Waals surface area contributed by atoms with E-state index >= 15 is 0 Å². The number of imidazole rings is 1. The van der Waals surface area contributed by atoms with Crippen LogP contribution in [0, 0.1) is 5.92 Å². The zero-order chi connectivity index (χ0) is 22.0. The average Bonchev–Trinajstić information content (AvgIpc) is 3.31. The Labute approximate surface area is 186 Å². The van der Waals surface area contributed by atoms with Crippen LogP contribution < -0.4 is 0 Å². The third-order valence-electron chi connectivity index (χ3n) is 7.19. The van der Waals surface area contributed by atoms with E-state index in [1.54, 1.807) is 17.1 Å². The molecular weight excluding hydrogens is 414 g/mol. The van der Waals surface area contributed by atoms with E-state index in [4.69, 9.17) is 0 Å². The number of hydrogen-bond acceptors (Lipinski definition) is 5. The Morgan fingerprint density at radius 3 is 2.35 bits per heavy atom. The number of aromatic nitrogens is 2. The van der Waals surface area contributed by atoms with Gasteiger partial charge in [0.1, 0.15) is 0 Å². The molecule has 1 amide bonds. The summed E-state index contributed by atoms with van der Waals surface area (Å²) in [6.45, 7) is 8.68. The number of hydrogen-bond donors (Lipinski definition) is 0. The third-order valence-corrected chi connectivity index (χ3v) is 8.95. The van der Waals surface area contributed by atoms with E-state index in [1.165, 1.54) is 36.7 Å². The highest BCUT2D eigenvalue weighted by Crippen LogP contribution is 2.27. The first-order valence-corrected chi connectivity index (χ1v) is 13.4. The summed E-state index contributed by atoms with van der Waals surface area (Å²) in [4.78, 5) is 21.9. The molecule has 0 unspecified atom stereocenters. The van der Waals surface area contributed by atoms with Crippen LogP contribution in [0.5, 0.6) is 0 Å². The Hall–Kier alpha value is -1.45. The fourth-order valence-electron chi connectivity index (χ4n) is 5.22. The summed E-state index contributed by atoms with van der Waals surface area (Å²) in [6, 6.07) is 0.753. The lowest BCUT2D eigenvalue weighted by atomic mass is 9.95. The highest BCUT2D eigenvalue weighted by molar-refractivity contribution is 7.89. The van der Waals surface area contributed by atoms with Crippen molar-refractivity contribution in [3.8, 4) is 0 Å². The topological polar surface area (TPSA) is 78.8 Å². The number of carbonyl (C=O) groups excluding carboxylic acids is 1. The second kappa shape index (κ2) is 9.58. The number of carbonyl (C=O) groups is 1. The van der Waals surface area contributed by atoms with Gasteiger partial charge in [-0.2, -0.15) is 4.31 Å². The quantitative estimate of drug-likeness (QED) is 0.687. The average molecular weight is 452 g/mol. The predicted molar refractivity (Wildman–Crippen MR) is 119 cm³/mol. The van der Waals surface area contributed by atoms with Gasteiger partial charge in [-0.3, -0.25) is 4.79 Å². The fourth-order valence-corrected chi connectivity index (χ4v) is 6.67. The van der Waals surface area contributed by atoms with Crippen molar-refractivity contribution in [3.63, 3.8) is 0 Å². The number of likely N-dealkylation sites (tertiary alicyclic amines) is 2. The minimum Gasteiger partial charge on any atom is -0.342 e. The van der Waals surface area contributed by atoms with Crippen LogP contribution in [0.25, 0.3) is 0 Å². The Balaban J connectivity index is 1.35. The Kier molecular flexibility index (Phi) is 7.03. The van der Waals surface area contributed by atoms with Crippen molar-refractivity contribution in [1.82, 2.24) is 23.7 Å². The molecule has 4 heterocycles. The summed E-state index contributed by atoms with van der Waals surface area (Å²) in [7, 11) is -3.67. The molecule has 8 nitrogen and oxygen atoms in total. The van der Waals surface area contributed by atoms with Gasteiger partial charge in [0.05, 0.1) is 12.2 Å². The second-order valence-electron chi connectivity index (χ2n) is 9.61. The van der Waals surface area contributed by atoms with E-state index in [2.05, 4.69) is 9.88 Å². The van der Waals surface area contributed by atoms with Gasteiger partial charge in [-0.05, 0) is 65.5 Å². The van der Waals surface area contributed by atoms with Crippen LogP contribution >= 0.6 is 0 Å². The van der Waals surface area contributed by atoms with Crippen LogP contribution in [-0.2, 0) is 14.8 Å². The molecule has 9 heteroatoms. The van der Waals surface area contributed by atoms with Gasteiger partial charge >= 0.3 is 0 Å². The van der Waals surface area contributed by atoms with Crippen molar-refractivity contribution in [1.29, 1.82) is 0 Å². The van der Waals surface area contributed by atoms with Crippen molar-refractivity contribution in [2.24, 2.45) is 5.92 Å². The van der Waals surface area contributed by atoms with Gasteiger partial charge < -0.3 is 14.4 Å². The smallest absolute Gasteiger partial charge is 0.262 e. The zero-order valence-electron chi connectivity index (χ0n) is 18.9. The largest absolute Gasteiger partial charge is 0.342 e. The van der Waals surface area contributed by atoms with Gasteiger partial charge in [0.2, 0.25) is 5.91 Å². The van der Waals surface area contributed by atoms with Gasteiger partial charge in [0, 0.05) is 44.5 Å². The van der Waals surface area contributed by atoms with Crippen LogP contribution in [0.15, 0.2) is 17.6 Å². The maximum Gasteiger partial charge on any atom is 0.262 e. The molecule has 4 rings (SSSR count). The Bertz CT molecular complexity index is 854. The molecule has 3 saturated heterocycles. The molecule has 0 aliphatic carbocycles. The number of rotatable bonds is 5. The molecule has 1 atom stereocenters. The molecule has 0 N–H and O–H groups in total. The molecule has 0 aromatic carbocycles. The number of piperidine rings is 3. The van der Waals surface area contributed by atoms with Crippen molar-refractivity contribution in [2.45, 2.75) is 75.9 Å². The third kappa shape index (κ3) is 4.98. The lowest BCUT2D eigenvalue weighted by Gasteiger charge is -2.41. The van der Waals surface area contributed by atoms with Gasteiger partial charge in [0.25, 0.3) is 10.0 Å². The van der Waals surface area contributed by atoms with E-state index < -0.39 is 10.0 Å². The normalized spacial score (nSPS) is 25.3. The molecule has 0 saturated carbocycles. The second-order valence-corrected chi connectivity index (χ2v) is 11.5. The van der Waals surface area contributed by atoms with Crippen LogP contribution in [0.1, 0.15) is 64.8 Å². The molecular formula is C22H37N5O3S. The molecule has 3 aliphatic heterocycles. The summed E-state index contributed by atoms with van der Waals surface area (Å²) in [5.41, 5.74) is 0. The van der Waals surface area contributed by atoms with E-state index in [9.17, 15) is 13.2 Å². The molecule has 174 valence electrons. The molecule has 3 aliphatic rings. The van der Waals surface area contributed by atoms with Crippen molar-refractivity contribution >= 4 is 15.9 Å². The summed E-state index contributed by atoms with van der Waals surface area (Å²) < 4.78 is 29.5. The van der Waals surface area contributed by atoms with E-state index in [0.717, 1.165) is 32.4 Å². The monoisotopic (exact) mass is 451 g/mol. The van der Waals surface area contributed by atoms with E-state index in [0.29, 0.717) is 19.0 Å². The van der Waals surface area contributed by atoms with Crippen LogP contribution in [-0.4, -0.2) is 83.3 Å². The molecule has 31 heavy (non-hydrogen) atoms. The first-order chi connectivity index (χ1) is 14.9. The maximum atomic E-state index is 13.2. The molecule has 1 aromatic heterocycles. The summed E-state index contributed by atoms with van der Waals surface area (Å²) >= 11 is 0. The van der Waals surface area contributed by atoms with Gasteiger partial charge in [-0.1, -0.05) is 6.42 Å². The first-order valence-electron chi connectivity index (χ1n) is 11.9. The molecule has 0 radical (unpaired) electrons.